The molecule has 0 saturated carbocycles. The first kappa shape index (κ1) is 20.1. The molecule has 1 atom stereocenters. The molecule has 0 spiro atoms. The minimum Gasteiger partial charge on any atom is -0.342 e. The van der Waals surface area contributed by atoms with E-state index in [1.165, 1.54) is 12.1 Å². The van der Waals surface area contributed by atoms with E-state index in [1.807, 2.05) is 20.8 Å². The summed E-state index contributed by atoms with van der Waals surface area (Å²) < 4.78 is 13.0. The predicted octanol–water partition coefficient (Wildman–Crippen LogP) is 2.15. The van der Waals surface area contributed by atoms with Crippen LogP contribution in [0.5, 0.6) is 0 Å². The topological polar surface area (TPSA) is 43.9 Å². The van der Waals surface area contributed by atoms with Crippen LogP contribution in [0.1, 0.15) is 32.4 Å². The second-order valence-electron chi connectivity index (χ2n) is 5.97. The number of hydrogen-bond donors (Lipinski definition) is 0. The van der Waals surface area contributed by atoms with E-state index in [0.29, 0.717) is 13.1 Å². The third-order valence-electron chi connectivity index (χ3n) is 4.25. The summed E-state index contributed by atoms with van der Waals surface area (Å²) in [5, 5.41) is 0. The van der Waals surface area contributed by atoms with Crippen LogP contribution in [-0.4, -0.2) is 66.8 Å². The van der Waals surface area contributed by atoms with Gasteiger partial charge in [0.1, 0.15) is 5.82 Å². The second kappa shape index (κ2) is 9.37. The van der Waals surface area contributed by atoms with Gasteiger partial charge in [0.25, 0.3) is 0 Å². The van der Waals surface area contributed by atoms with Crippen molar-refractivity contribution in [2.45, 2.75) is 26.8 Å². The van der Waals surface area contributed by atoms with E-state index >= 15 is 0 Å². The molecule has 0 aliphatic heterocycles. The monoisotopic (exact) mass is 337 g/mol. The van der Waals surface area contributed by atoms with Crippen molar-refractivity contribution in [3.63, 3.8) is 0 Å². The van der Waals surface area contributed by atoms with Gasteiger partial charge in [-0.25, -0.2) is 4.39 Å². The van der Waals surface area contributed by atoms with Gasteiger partial charge in [-0.3, -0.25) is 14.5 Å². The lowest BCUT2D eigenvalue weighted by Gasteiger charge is -2.28. The lowest BCUT2D eigenvalue weighted by molar-refractivity contribution is -0.135. The molecule has 0 aromatic heterocycles. The van der Waals surface area contributed by atoms with Gasteiger partial charge in [-0.2, -0.15) is 0 Å². The summed E-state index contributed by atoms with van der Waals surface area (Å²) in [6, 6.07) is 5.97. The van der Waals surface area contributed by atoms with Gasteiger partial charge in [0.15, 0.2) is 0 Å². The molecule has 0 bridgehead atoms. The molecule has 0 aliphatic rings. The zero-order chi connectivity index (χ0) is 18.3. The van der Waals surface area contributed by atoms with Gasteiger partial charge in [-0.05, 0) is 45.5 Å². The van der Waals surface area contributed by atoms with Crippen molar-refractivity contribution in [2.24, 2.45) is 0 Å². The Balaban J connectivity index is 2.59. The van der Waals surface area contributed by atoms with Crippen molar-refractivity contribution in [3.8, 4) is 0 Å². The minimum absolute atomic E-state index is 0.0181. The van der Waals surface area contributed by atoms with Crippen LogP contribution < -0.4 is 0 Å². The average molecular weight is 337 g/mol. The van der Waals surface area contributed by atoms with Gasteiger partial charge in [0.05, 0.1) is 19.1 Å². The molecular weight excluding hydrogens is 309 g/mol. The Kier molecular flexibility index (Phi) is 7.85. The molecule has 0 aliphatic carbocycles. The van der Waals surface area contributed by atoms with Crippen LogP contribution in [0.25, 0.3) is 0 Å². The third-order valence-corrected chi connectivity index (χ3v) is 4.25. The molecule has 1 aromatic carbocycles. The average Bonchev–Trinajstić information content (AvgIpc) is 2.55. The summed E-state index contributed by atoms with van der Waals surface area (Å²) >= 11 is 0. The van der Waals surface area contributed by atoms with Crippen LogP contribution in [0, 0.1) is 5.82 Å². The molecule has 134 valence electrons. The Morgan fingerprint density at radius 1 is 1.00 bits per heavy atom. The summed E-state index contributed by atoms with van der Waals surface area (Å²) in [5.74, 6) is -0.360. The van der Waals surface area contributed by atoms with Gasteiger partial charge < -0.3 is 9.80 Å². The first-order valence-electron chi connectivity index (χ1n) is 8.27. The second-order valence-corrected chi connectivity index (χ2v) is 5.97. The summed E-state index contributed by atoms with van der Waals surface area (Å²) in [7, 11) is 3.48. The van der Waals surface area contributed by atoms with Crippen molar-refractivity contribution < 1.29 is 14.0 Å². The quantitative estimate of drug-likeness (QED) is 0.730. The van der Waals surface area contributed by atoms with Crippen LogP contribution in [0.3, 0.4) is 0 Å². The number of amides is 2. The molecule has 0 radical (unpaired) electrons. The molecule has 0 saturated heterocycles. The highest BCUT2D eigenvalue weighted by Crippen LogP contribution is 2.19. The highest BCUT2D eigenvalue weighted by molar-refractivity contribution is 5.81. The van der Waals surface area contributed by atoms with Crippen LogP contribution in [0.15, 0.2) is 24.3 Å². The Morgan fingerprint density at radius 2 is 1.50 bits per heavy atom. The number of carbonyl (C=O) groups is 2. The summed E-state index contributed by atoms with van der Waals surface area (Å²) in [6.45, 7) is 7.47. The number of halogens is 1. The van der Waals surface area contributed by atoms with Crippen molar-refractivity contribution in [3.05, 3.63) is 35.6 Å². The Bertz CT molecular complexity index is 544. The van der Waals surface area contributed by atoms with Crippen molar-refractivity contribution >= 4 is 11.8 Å². The fraction of sp³-hybridized carbons (Fsp3) is 0.556. The lowest BCUT2D eigenvalue weighted by atomic mass is 10.1. The molecule has 5 nitrogen and oxygen atoms in total. The minimum atomic E-state index is -0.297. The normalized spacial score (nSPS) is 12.1. The molecule has 2 amide bonds. The van der Waals surface area contributed by atoms with Crippen LogP contribution >= 0.6 is 0 Å². The van der Waals surface area contributed by atoms with Crippen molar-refractivity contribution in [1.82, 2.24) is 14.7 Å². The maximum atomic E-state index is 13.0. The highest BCUT2D eigenvalue weighted by Gasteiger charge is 2.20. The molecule has 1 rings (SSSR count). The molecule has 6 heteroatoms. The molecule has 1 unspecified atom stereocenters. The molecule has 0 heterocycles. The van der Waals surface area contributed by atoms with E-state index in [4.69, 9.17) is 0 Å². The van der Waals surface area contributed by atoms with E-state index < -0.39 is 0 Å². The molecule has 24 heavy (non-hydrogen) atoms. The standard InChI is InChI=1S/C18H28FN3O2/c1-6-22(7-2)18(24)13-20(4)12-17(23)21(5)14(3)15-8-10-16(19)11-9-15/h8-11,14H,6-7,12-13H2,1-5H3. The largest absolute Gasteiger partial charge is 0.342 e. The van der Waals surface area contributed by atoms with Gasteiger partial charge >= 0.3 is 0 Å². The fourth-order valence-electron chi connectivity index (χ4n) is 2.49. The Morgan fingerprint density at radius 3 is 2.00 bits per heavy atom. The van der Waals surface area contributed by atoms with Gasteiger partial charge in [-0.15, -0.1) is 0 Å². The van der Waals surface area contributed by atoms with E-state index in [2.05, 4.69) is 0 Å². The highest BCUT2D eigenvalue weighted by atomic mass is 19.1. The van der Waals surface area contributed by atoms with E-state index in [9.17, 15) is 14.0 Å². The number of benzene rings is 1. The number of rotatable bonds is 8. The third kappa shape index (κ3) is 5.60. The summed E-state index contributed by atoms with van der Waals surface area (Å²) in [6.07, 6.45) is 0. The maximum absolute atomic E-state index is 13.0. The first-order valence-corrected chi connectivity index (χ1v) is 8.27. The molecule has 1 aromatic rings. The zero-order valence-corrected chi connectivity index (χ0v) is 15.3. The Labute approximate surface area is 144 Å². The van der Waals surface area contributed by atoms with E-state index in [-0.39, 0.29) is 36.8 Å². The molecule has 0 N–H and O–H groups in total. The molecule has 0 fully saturated rings. The van der Waals surface area contributed by atoms with Crippen molar-refractivity contribution in [1.29, 1.82) is 0 Å². The van der Waals surface area contributed by atoms with E-state index in [0.717, 1.165) is 5.56 Å². The van der Waals surface area contributed by atoms with Crippen LogP contribution in [0.2, 0.25) is 0 Å². The Hall–Kier alpha value is -1.95. The number of nitrogens with zero attached hydrogens (tertiary/aromatic N) is 3. The predicted molar refractivity (Wildman–Crippen MR) is 93.0 cm³/mol. The SMILES string of the molecule is CCN(CC)C(=O)CN(C)CC(=O)N(C)C(C)c1ccc(F)cc1. The first-order chi connectivity index (χ1) is 11.3. The lowest BCUT2D eigenvalue weighted by Crippen LogP contribution is -2.43. The fourth-order valence-corrected chi connectivity index (χ4v) is 2.49. The van der Waals surface area contributed by atoms with Gasteiger partial charge in [0, 0.05) is 20.1 Å². The summed E-state index contributed by atoms with van der Waals surface area (Å²) in [4.78, 5) is 29.6. The smallest absolute Gasteiger partial charge is 0.236 e. The number of likely N-dealkylation sites (N-methyl/N-ethyl adjacent to an activating group) is 3. The van der Waals surface area contributed by atoms with Gasteiger partial charge in [0.2, 0.25) is 11.8 Å². The van der Waals surface area contributed by atoms with Gasteiger partial charge in [-0.1, -0.05) is 12.1 Å². The number of carbonyl (C=O) groups excluding carboxylic acids is 2. The summed E-state index contributed by atoms with van der Waals surface area (Å²) in [5.41, 5.74) is 0.870. The zero-order valence-electron chi connectivity index (χ0n) is 15.3. The maximum Gasteiger partial charge on any atom is 0.236 e. The van der Waals surface area contributed by atoms with Crippen LogP contribution in [-0.2, 0) is 9.59 Å². The van der Waals surface area contributed by atoms with Crippen LogP contribution in [0.4, 0.5) is 4.39 Å². The van der Waals surface area contributed by atoms with E-state index in [1.54, 1.807) is 40.9 Å². The molecular formula is C18H28FN3O2. The number of hydrogen-bond acceptors (Lipinski definition) is 3. The van der Waals surface area contributed by atoms with Crippen molar-refractivity contribution in [2.75, 3.05) is 40.3 Å².